The Labute approximate surface area is 141 Å². The van der Waals surface area contributed by atoms with Gasteiger partial charge < -0.3 is 4.74 Å². The van der Waals surface area contributed by atoms with E-state index in [0.29, 0.717) is 23.3 Å². The first-order valence-corrected chi connectivity index (χ1v) is 7.84. The van der Waals surface area contributed by atoms with Crippen LogP contribution in [0.3, 0.4) is 0 Å². The summed E-state index contributed by atoms with van der Waals surface area (Å²) < 4.78 is 5.67. The lowest BCUT2D eigenvalue weighted by atomic mass is 9.90. The van der Waals surface area contributed by atoms with E-state index in [4.69, 9.17) is 4.74 Å². The zero-order chi connectivity index (χ0) is 17.9. The molecule has 5 heteroatoms. The van der Waals surface area contributed by atoms with Crippen LogP contribution in [0.25, 0.3) is 0 Å². The molecule has 1 unspecified atom stereocenters. The van der Waals surface area contributed by atoms with Gasteiger partial charge in [-0.05, 0) is 44.9 Å². The first kappa shape index (κ1) is 17.8. The van der Waals surface area contributed by atoms with Gasteiger partial charge in [-0.1, -0.05) is 30.3 Å². The SMILES string of the molecule is CCOC(C(=O)c1c(C)cc(C)c([N+](=O)[O-])c1C)c1ccccc1. The van der Waals surface area contributed by atoms with Crippen LogP contribution in [0.5, 0.6) is 0 Å². The van der Waals surface area contributed by atoms with Crippen molar-refractivity contribution in [3.8, 4) is 0 Å². The van der Waals surface area contributed by atoms with Gasteiger partial charge in [0.05, 0.1) is 4.92 Å². The van der Waals surface area contributed by atoms with Crippen molar-refractivity contribution in [3.63, 3.8) is 0 Å². The molecule has 0 amide bonds. The van der Waals surface area contributed by atoms with Gasteiger partial charge in [0.1, 0.15) is 6.10 Å². The van der Waals surface area contributed by atoms with Gasteiger partial charge in [0.25, 0.3) is 5.69 Å². The number of hydrogen-bond donors (Lipinski definition) is 0. The quantitative estimate of drug-likeness (QED) is 0.445. The summed E-state index contributed by atoms with van der Waals surface area (Å²) in [5.41, 5.74) is 2.77. The highest BCUT2D eigenvalue weighted by Gasteiger charge is 2.29. The number of nitrogens with zero attached hydrogens (tertiary/aromatic N) is 1. The van der Waals surface area contributed by atoms with E-state index in [9.17, 15) is 14.9 Å². The lowest BCUT2D eigenvalue weighted by molar-refractivity contribution is -0.386. The first-order chi connectivity index (χ1) is 11.4. The number of rotatable bonds is 6. The normalized spacial score (nSPS) is 12.0. The van der Waals surface area contributed by atoms with Gasteiger partial charge in [-0.15, -0.1) is 0 Å². The molecule has 126 valence electrons. The third kappa shape index (κ3) is 3.36. The summed E-state index contributed by atoms with van der Waals surface area (Å²) in [6, 6.07) is 10.9. The summed E-state index contributed by atoms with van der Waals surface area (Å²) >= 11 is 0. The highest BCUT2D eigenvalue weighted by Crippen LogP contribution is 2.32. The molecule has 24 heavy (non-hydrogen) atoms. The van der Waals surface area contributed by atoms with Gasteiger partial charge in [0.15, 0.2) is 5.78 Å². The van der Waals surface area contributed by atoms with Gasteiger partial charge in [-0.3, -0.25) is 14.9 Å². The van der Waals surface area contributed by atoms with E-state index >= 15 is 0 Å². The minimum atomic E-state index is -0.768. The van der Waals surface area contributed by atoms with Crippen molar-refractivity contribution in [2.45, 2.75) is 33.8 Å². The zero-order valence-electron chi connectivity index (χ0n) is 14.3. The molecule has 0 radical (unpaired) electrons. The summed E-state index contributed by atoms with van der Waals surface area (Å²) in [6.07, 6.45) is -0.768. The Morgan fingerprint density at radius 1 is 1.17 bits per heavy atom. The molecule has 0 aliphatic heterocycles. The smallest absolute Gasteiger partial charge is 0.275 e. The maximum absolute atomic E-state index is 13.1. The second-order valence-corrected chi connectivity index (χ2v) is 5.73. The van der Waals surface area contributed by atoms with E-state index in [1.807, 2.05) is 37.3 Å². The molecule has 0 bridgehead atoms. The molecular formula is C19H21NO4. The number of ketones is 1. The first-order valence-electron chi connectivity index (χ1n) is 7.84. The van der Waals surface area contributed by atoms with Crippen molar-refractivity contribution >= 4 is 11.5 Å². The Hall–Kier alpha value is -2.53. The van der Waals surface area contributed by atoms with Crippen molar-refractivity contribution in [2.24, 2.45) is 0 Å². The third-order valence-electron chi connectivity index (χ3n) is 4.03. The van der Waals surface area contributed by atoms with Crippen LogP contribution in [-0.2, 0) is 4.74 Å². The van der Waals surface area contributed by atoms with Crippen molar-refractivity contribution in [1.29, 1.82) is 0 Å². The Kier molecular flexibility index (Phi) is 5.46. The highest BCUT2D eigenvalue weighted by molar-refractivity contribution is 6.03. The largest absolute Gasteiger partial charge is 0.366 e. The van der Waals surface area contributed by atoms with Gasteiger partial charge in [0, 0.05) is 23.3 Å². The Morgan fingerprint density at radius 3 is 2.33 bits per heavy atom. The Bertz CT molecular complexity index is 769. The Morgan fingerprint density at radius 2 is 1.79 bits per heavy atom. The maximum Gasteiger partial charge on any atom is 0.275 e. The predicted octanol–water partition coefficient (Wildman–Crippen LogP) is 4.48. The van der Waals surface area contributed by atoms with Gasteiger partial charge in [0.2, 0.25) is 0 Å². The number of carbonyl (C=O) groups excluding carboxylic acids is 1. The summed E-state index contributed by atoms with van der Waals surface area (Å²) in [5, 5.41) is 11.4. The summed E-state index contributed by atoms with van der Waals surface area (Å²) in [5.74, 6) is -0.249. The van der Waals surface area contributed by atoms with E-state index in [0.717, 1.165) is 11.1 Å². The lowest BCUT2D eigenvalue weighted by Crippen LogP contribution is -2.19. The van der Waals surface area contributed by atoms with E-state index < -0.39 is 11.0 Å². The molecule has 0 aromatic heterocycles. The van der Waals surface area contributed by atoms with Crippen LogP contribution in [0.1, 0.15) is 45.6 Å². The minimum Gasteiger partial charge on any atom is -0.366 e. The van der Waals surface area contributed by atoms with Gasteiger partial charge >= 0.3 is 0 Å². The fourth-order valence-electron chi connectivity index (χ4n) is 3.08. The number of nitro groups is 1. The fraction of sp³-hybridized carbons (Fsp3) is 0.316. The van der Waals surface area contributed by atoms with E-state index in [2.05, 4.69) is 0 Å². The van der Waals surface area contributed by atoms with Crippen LogP contribution in [0, 0.1) is 30.9 Å². The molecule has 2 aromatic carbocycles. The molecule has 0 fully saturated rings. The standard InChI is InChI=1S/C19H21NO4/c1-5-24-19(15-9-7-6-8-10-15)18(21)16-12(2)11-13(3)17(14(16)4)20(22)23/h6-11,19H,5H2,1-4H3. The predicted molar refractivity (Wildman–Crippen MR) is 92.4 cm³/mol. The van der Waals surface area contributed by atoms with Crippen LogP contribution in [-0.4, -0.2) is 17.3 Å². The monoisotopic (exact) mass is 327 g/mol. The lowest BCUT2D eigenvalue weighted by Gasteiger charge is -2.19. The van der Waals surface area contributed by atoms with Crippen LogP contribution >= 0.6 is 0 Å². The van der Waals surface area contributed by atoms with Crippen molar-refractivity contribution in [1.82, 2.24) is 0 Å². The second kappa shape index (κ2) is 7.36. The van der Waals surface area contributed by atoms with Gasteiger partial charge in [-0.2, -0.15) is 0 Å². The number of ether oxygens (including phenoxy) is 1. The van der Waals surface area contributed by atoms with E-state index in [1.165, 1.54) is 0 Å². The maximum atomic E-state index is 13.1. The molecule has 0 aliphatic rings. The topological polar surface area (TPSA) is 69.4 Å². The summed E-state index contributed by atoms with van der Waals surface area (Å²) in [4.78, 5) is 24.0. The van der Waals surface area contributed by atoms with E-state index in [-0.39, 0.29) is 11.5 Å². The Balaban J connectivity index is 2.59. The number of Topliss-reactive ketones (excluding diaryl/α,β-unsaturated/α-hetero) is 1. The number of nitro benzene ring substituents is 1. The molecule has 0 heterocycles. The summed E-state index contributed by atoms with van der Waals surface area (Å²) in [6.45, 7) is 7.30. The molecule has 0 spiro atoms. The second-order valence-electron chi connectivity index (χ2n) is 5.73. The average molecular weight is 327 g/mol. The minimum absolute atomic E-state index is 0.00717. The van der Waals surface area contributed by atoms with Crippen LogP contribution < -0.4 is 0 Å². The third-order valence-corrected chi connectivity index (χ3v) is 4.03. The molecule has 0 saturated heterocycles. The number of hydrogen-bond acceptors (Lipinski definition) is 4. The molecule has 0 N–H and O–H groups in total. The van der Waals surface area contributed by atoms with Crippen LogP contribution in [0.4, 0.5) is 5.69 Å². The molecule has 2 aromatic rings. The molecular weight excluding hydrogens is 306 g/mol. The molecule has 1 atom stereocenters. The van der Waals surface area contributed by atoms with E-state index in [1.54, 1.807) is 26.8 Å². The number of aryl methyl sites for hydroxylation is 2. The zero-order valence-corrected chi connectivity index (χ0v) is 14.3. The fourth-order valence-corrected chi connectivity index (χ4v) is 3.08. The highest BCUT2D eigenvalue weighted by atomic mass is 16.6. The van der Waals surface area contributed by atoms with Crippen molar-refractivity contribution < 1.29 is 14.5 Å². The van der Waals surface area contributed by atoms with Gasteiger partial charge in [-0.25, -0.2) is 0 Å². The van der Waals surface area contributed by atoms with Crippen LogP contribution in [0.2, 0.25) is 0 Å². The molecule has 0 saturated carbocycles. The molecule has 0 aliphatic carbocycles. The number of benzene rings is 2. The average Bonchev–Trinajstić information content (AvgIpc) is 2.52. The van der Waals surface area contributed by atoms with Crippen molar-refractivity contribution in [3.05, 3.63) is 74.3 Å². The number of carbonyl (C=O) groups is 1. The molecule has 5 nitrogen and oxygen atoms in total. The van der Waals surface area contributed by atoms with Crippen LogP contribution in [0.15, 0.2) is 36.4 Å². The summed E-state index contributed by atoms with van der Waals surface area (Å²) in [7, 11) is 0. The molecule has 2 rings (SSSR count). The van der Waals surface area contributed by atoms with Crippen molar-refractivity contribution in [2.75, 3.05) is 6.61 Å².